The van der Waals surface area contributed by atoms with Gasteiger partial charge in [0.15, 0.2) is 0 Å². The Morgan fingerprint density at radius 1 is 0.900 bits per heavy atom. The van der Waals surface area contributed by atoms with E-state index in [0.29, 0.717) is 34.3 Å². The second-order valence-corrected chi connectivity index (χ2v) is 7.07. The van der Waals surface area contributed by atoms with Crippen LogP contribution in [0.5, 0.6) is 11.6 Å². The molecule has 4 rings (SSSR count). The van der Waals surface area contributed by atoms with Gasteiger partial charge < -0.3 is 14.4 Å². The highest BCUT2D eigenvalue weighted by Crippen LogP contribution is 2.39. The van der Waals surface area contributed by atoms with Gasteiger partial charge in [-0.25, -0.2) is 9.37 Å². The Labute approximate surface area is 174 Å². The minimum absolute atomic E-state index is 0.140. The molecule has 30 heavy (non-hydrogen) atoms. The molecule has 0 N–H and O–H groups in total. The molecule has 2 heterocycles. The molecule has 0 aliphatic carbocycles. The van der Waals surface area contributed by atoms with E-state index in [2.05, 4.69) is 4.98 Å². The maximum atomic E-state index is 13.7. The van der Waals surface area contributed by atoms with Crippen LogP contribution in [0.2, 0.25) is 0 Å². The number of aryl methyl sites for hydroxylation is 2. The van der Waals surface area contributed by atoms with Crippen LogP contribution in [0.25, 0.3) is 0 Å². The average Bonchev–Trinajstić information content (AvgIpc) is 2.74. The van der Waals surface area contributed by atoms with Crippen LogP contribution in [0.4, 0.5) is 21.5 Å². The zero-order valence-electron chi connectivity index (χ0n) is 17.3. The summed E-state index contributed by atoms with van der Waals surface area (Å²) >= 11 is 0. The molecule has 0 radical (unpaired) electrons. The van der Waals surface area contributed by atoms with Gasteiger partial charge >= 0.3 is 0 Å². The van der Waals surface area contributed by atoms with E-state index in [0.717, 1.165) is 11.3 Å². The number of pyridine rings is 1. The van der Waals surface area contributed by atoms with E-state index >= 15 is 0 Å². The number of benzene rings is 2. The highest BCUT2D eigenvalue weighted by molar-refractivity contribution is 6.13. The van der Waals surface area contributed by atoms with Crippen LogP contribution in [0, 0.1) is 19.7 Å². The monoisotopic (exact) mass is 407 g/mol. The summed E-state index contributed by atoms with van der Waals surface area (Å²) in [6, 6.07) is 13.5. The predicted octanol–water partition coefficient (Wildman–Crippen LogP) is 4.61. The number of halogens is 1. The minimum Gasteiger partial charge on any atom is -0.497 e. The summed E-state index contributed by atoms with van der Waals surface area (Å²) in [5.41, 5.74) is 4.18. The van der Waals surface area contributed by atoms with Gasteiger partial charge in [0.25, 0.3) is 5.91 Å². The number of hydrogen-bond donors (Lipinski definition) is 0. The van der Waals surface area contributed by atoms with Crippen LogP contribution >= 0.6 is 0 Å². The third-order valence-corrected chi connectivity index (χ3v) is 5.24. The summed E-state index contributed by atoms with van der Waals surface area (Å²) in [6.45, 7) is 3.93. The van der Waals surface area contributed by atoms with E-state index in [1.54, 1.807) is 43.4 Å². The fourth-order valence-corrected chi connectivity index (χ4v) is 3.71. The molecule has 0 fully saturated rings. The zero-order chi connectivity index (χ0) is 21.4. The summed E-state index contributed by atoms with van der Waals surface area (Å²) in [5, 5.41) is 0. The van der Waals surface area contributed by atoms with Crippen molar-refractivity contribution in [2.45, 2.75) is 13.8 Å². The normalized spacial score (nSPS) is 13.3. The summed E-state index contributed by atoms with van der Waals surface area (Å²) in [6.07, 6.45) is 0. The van der Waals surface area contributed by atoms with Crippen molar-refractivity contribution >= 4 is 23.0 Å². The number of hydrogen-bond acceptors (Lipinski definition) is 5. The molecule has 154 valence electrons. The fraction of sp³-hybridized carbons (Fsp3) is 0.217. The second-order valence-electron chi connectivity index (χ2n) is 7.07. The standard InChI is InChI=1S/C23H22FN3O3/c1-14-11-16(24)5-8-19(14)26-13-27(20-9-10-22(30-4)25-15(20)2)23(28)18-7-6-17(29-3)12-21(18)26/h5-12H,13H2,1-4H3. The van der Waals surface area contributed by atoms with Crippen LogP contribution < -0.4 is 19.3 Å². The van der Waals surface area contributed by atoms with E-state index in [1.165, 1.54) is 12.1 Å². The number of carbonyl (C=O) groups excluding carboxylic acids is 1. The first-order valence-electron chi connectivity index (χ1n) is 9.48. The third kappa shape index (κ3) is 3.32. The Balaban J connectivity index is 1.87. The van der Waals surface area contributed by atoms with E-state index in [4.69, 9.17) is 9.47 Å². The van der Waals surface area contributed by atoms with E-state index < -0.39 is 0 Å². The zero-order valence-corrected chi connectivity index (χ0v) is 17.3. The smallest absolute Gasteiger partial charge is 0.261 e. The SMILES string of the molecule is COc1ccc2c(c1)N(c1ccc(F)cc1C)CN(c1ccc(OC)nc1C)C2=O. The molecule has 1 amide bonds. The number of amides is 1. The van der Waals surface area contributed by atoms with Crippen LogP contribution in [0.1, 0.15) is 21.6 Å². The first-order chi connectivity index (χ1) is 14.4. The molecule has 6 nitrogen and oxygen atoms in total. The predicted molar refractivity (Wildman–Crippen MR) is 113 cm³/mol. The van der Waals surface area contributed by atoms with Gasteiger partial charge in [0.2, 0.25) is 5.88 Å². The van der Waals surface area contributed by atoms with Gasteiger partial charge in [-0.05, 0) is 55.8 Å². The lowest BCUT2D eigenvalue weighted by atomic mass is 10.0. The van der Waals surface area contributed by atoms with Gasteiger partial charge in [0.05, 0.1) is 36.9 Å². The van der Waals surface area contributed by atoms with Crippen molar-refractivity contribution in [3.05, 3.63) is 71.2 Å². The van der Waals surface area contributed by atoms with Crippen molar-refractivity contribution in [2.24, 2.45) is 0 Å². The van der Waals surface area contributed by atoms with Gasteiger partial charge in [-0.3, -0.25) is 9.69 Å². The van der Waals surface area contributed by atoms with Crippen LogP contribution in [0.15, 0.2) is 48.5 Å². The molecule has 7 heteroatoms. The van der Waals surface area contributed by atoms with E-state index in [1.807, 2.05) is 30.9 Å². The van der Waals surface area contributed by atoms with E-state index in [-0.39, 0.29) is 18.4 Å². The molecule has 0 bridgehead atoms. The number of aromatic nitrogens is 1. The second kappa shape index (κ2) is 7.67. The topological polar surface area (TPSA) is 54.9 Å². The molecule has 0 unspecified atom stereocenters. The first-order valence-corrected chi connectivity index (χ1v) is 9.48. The van der Waals surface area contributed by atoms with Crippen LogP contribution in [-0.2, 0) is 0 Å². The Morgan fingerprint density at radius 3 is 2.33 bits per heavy atom. The summed E-state index contributed by atoms with van der Waals surface area (Å²) in [5.74, 6) is 0.681. The quantitative estimate of drug-likeness (QED) is 0.632. The van der Waals surface area contributed by atoms with Gasteiger partial charge in [-0.2, -0.15) is 0 Å². The van der Waals surface area contributed by atoms with Crippen molar-refractivity contribution in [3.63, 3.8) is 0 Å². The summed E-state index contributed by atoms with van der Waals surface area (Å²) < 4.78 is 24.3. The first kappa shape index (κ1) is 19.7. The number of nitrogens with zero attached hydrogens (tertiary/aromatic N) is 3. The van der Waals surface area contributed by atoms with Crippen LogP contribution in [0.3, 0.4) is 0 Å². The summed E-state index contributed by atoms with van der Waals surface area (Å²) in [7, 11) is 3.13. The molecule has 0 saturated heterocycles. The van der Waals surface area contributed by atoms with Crippen LogP contribution in [-0.4, -0.2) is 31.8 Å². The minimum atomic E-state index is -0.303. The molecule has 3 aromatic rings. The third-order valence-electron chi connectivity index (χ3n) is 5.24. The lowest BCUT2D eigenvalue weighted by molar-refractivity contribution is 0.0983. The van der Waals surface area contributed by atoms with Gasteiger partial charge in [0, 0.05) is 17.8 Å². The number of fused-ring (bicyclic) bond motifs is 1. The molecule has 0 saturated carbocycles. The molecule has 2 aromatic carbocycles. The van der Waals surface area contributed by atoms with Crippen molar-refractivity contribution in [1.29, 1.82) is 0 Å². The summed E-state index contributed by atoms with van der Waals surface area (Å²) in [4.78, 5) is 21.4. The number of carbonyl (C=O) groups is 1. The maximum absolute atomic E-state index is 13.7. The van der Waals surface area contributed by atoms with E-state index in [9.17, 15) is 9.18 Å². The van der Waals surface area contributed by atoms with Gasteiger partial charge in [-0.1, -0.05) is 0 Å². The highest BCUT2D eigenvalue weighted by atomic mass is 19.1. The molecular formula is C23H22FN3O3. The Morgan fingerprint density at radius 2 is 1.67 bits per heavy atom. The Kier molecular flexibility index (Phi) is 5.03. The van der Waals surface area contributed by atoms with Gasteiger partial charge in [0.1, 0.15) is 18.2 Å². The van der Waals surface area contributed by atoms with Gasteiger partial charge in [-0.15, -0.1) is 0 Å². The highest BCUT2D eigenvalue weighted by Gasteiger charge is 2.33. The fourth-order valence-electron chi connectivity index (χ4n) is 3.71. The van der Waals surface area contributed by atoms with Crippen molar-refractivity contribution in [1.82, 2.24) is 4.98 Å². The molecule has 1 aliphatic heterocycles. The number of rotatable bonds is 4. The number of methoxy groups -OCH3 is 2. The lowest BCUT2D eigenvalue weighted by Gasteiger charge is -2.39. The Bertz CT molecular complexity index is 1130. The van der Waals surface area contributed by atoms with Crippen molar-refractivity contribution < 1.29 is 18.7 Å². The molecule has 1 aliphatic rings. The molecular weight excluding hydrogens is 385 g/mol. The number of anilines is 3. The maximum Gasteiger partial charge on any atom is 0.261 e. The molecule has 0 atom stereocenters. The molecule has 0 spiro atoms. The molecule has 1 aromatic heterocycles. The largest absolute Gasteiger partial charge is 0.497 e. The van der Waals surface area contributed by atoms with Crippen molar-refractivity contribution in [3.8, 4) is 11.6 Å². The number of ether oxygens (including phenoxy) is 2. The average molecular weight is 407 g/mol. The van der Waals surface area contributed by atoms with Crippen molar-refractivity contribution in [2.75, 3.05) is 30.7 Å². The Hall–Kier alpha value is -3.61. The lowest BCUT2D eigenvalue weighted by Crippen LogP contribution is -2.45.